The second kappa shape index (κ2) is 6.91. The van der Waals surface area contributed by atoms with E-state index >= 15 is 0 Å². The van der Waals surface area contributed by atoms with Crippen LogP contribution in [-0.4, -0.2) is 18.6 Å². The molecule has 0 bridgehead atoms. The molecule has 0 spiro atoms. The number of hydrogen-bond acceptors (Lipinski definition) is 3. The van der Waals surface area contributed by atoms with Crippen LogP contribution in [0.5, 0.6) is 5.75 Å². The molecule has 0 aliphatic heterocycles. The molecule has 0 heterocycles. The van der Waals surface area contributed by atoms with Gasteiger partial charge in [-0.1, -0.05) is 25.5 Å². The molecule has 0 unspecified atom stereocenters. The summed E-state index contributed by atoms with van der Waals surface area (Å²) >= 11 is 0. The van der Waals surface area contributed by atoms with Crippen LogP contribution in [0.4, 0.5) is 5.69 Å². The number of hydrogen-bond donors (Lipinski definition) is 2. The first-order chi connectivity index (χ1) is 8.19. The highest BCUT2D eigenvalue weighted by Crippen LogP contribution is 2.23. The summed E-state index contributed by atoms with van der Waals surface area (Å²) in [6, 6.07) is 6.89. The molecule has 1 amide bonds. The van der Waals surface area contributed by atoms with Crippen LogP contribution in [-0.2, 0) is 4.79 Å². The largest absolute Gasteiger partial charge is 0.492 e. The minimum Gasteiger partial charge on any atom is -0.492 e. The van der Waals surface area contributed by atoms with Gasteiger partial charge in [0, 0.05) is 0 Å². The first kappa shape index (κ1) is 13.5. The lowest BCUT2D eigenvalue weighted by atomic mass is 10.1. The number of para-hydroxylation sites is 2. The Morgan fingerprint density at radius 1 is 1.41 bits per heavy atom. The Balaban J connectivity index is 2.70. The van der Waals surface area contributed by atoms with Crippen LogP contribution >= 0.6 is 0 Å². The first-order valence-corrected chi connectivity index (χ1v) is 5.97. The molecule has 1 aromatic rings. The molecular formula is C13H20N2O2. The van der Waals surface area contributed by atoms with Gasteiger partial charge in [0.05, 0.1) is 18.3 Å². The molecule has 1 aromatic carbocycles. The monoisotopic (exact) mass is 236 g/mol. The van der Waals surface area contributed by atoms with Crippen molar-refractivity contribution in [3.05, 3.63) is 24.3 Å². The third kappa shape index (κ3) is 4.07. The Kier molecular flexibility index (Phi) is 5.49. The maximum absolute atomic E-state index is 11.8. The van der Waals surface area contributed by atoms with Crippen LogP contribution in [0.2, 0.25) is 0 Å². The summed E-state index contributed by atoms with van der Waals surface area (Å²) in [5.41, 5.74) is 6.42. The third-order valence-corrected chi connectivity index (χ3v) is 2.38. The predicted molar refractivity (Wildman–Crippen MR) is 69.1 cm³/mol. The molecule has 0 aromatic heterocycles. The van der Waals surface area contributed by atoms with E-state index in [4.69, 9.17) is 10.5 Å². The quantitative estimate of drug-likeness (QED) is 0.795. The normalized spacial score (nSPS) is 11.9. The highest BCUT2D eigenvalue weighted by atomic mass is 16.5. The molecule has 3 N–H and O–H groups in total. The van der Waals surface area contributed by atoms with Crippen LogP contribution in [0, 0.1) is 0 Å². The summed E-state index contributed by atoms with van der Waals surface area (Å²) in [6.07, 6.45) is 1.57. The lowest BCUT2D eigenvalue weighted by molar-refractivity contribution is -0.117. The van der Waals surface area contributed by atoms with Crippen molar-refractivity contribution in [3.63, 3.8) is 0 Å². The van der Waals surface area contributed by atoms with E-state index in [1.807, 2.05) is 38.1 Å². The van der Waals surface area contributed by atoms with Crippen LogP contribution in [0.1, 0.15) is 26.7 Å². The zero-order chi connectivity index (χ0) is 12.7. The molecule has 0 radical (unpaired) electrons. The van der Waals surface area contributed by atoms with Crippen molar-refractivity contribution >= 4 is 11.6 Å². The van der Waals surface area contributed by atoms with Gasteiger partial charge in [-0.15, -0.1) is 0 Å². The number of amides is 1. The fourth-order valence-electron chi connectivity index (χ4n) is 1.52. The predicted octanol–water partition coefficient (Wildman–Crippen LogP) is 2.15. The number of nitrogens with two attached hydrogens (primary N) is 1. The van der Waals surface area contributed by atoms with Gasteiger partial charge in [-0.3, -0.25) is 4.79 Å². The minimum absolute atomic E-state index is 0.168. The number of benzene rings is 1. The summed E-state index contributed by atoms with van der Waals surface area (Å²) in [5, 5.41) is 2.79. The number of carbonyl (C=O) groups is 1. The Bertz CT molecular complexity index is 366. The first-order valence-electron chi connectivity index (χ1n) is 5.97. The van der Waals surface area contributed by atoms with Crippen LogP contribution < -0.4 is 15.8 Å². The third-order valence-electron chi connectivity index (χ3n) is 2.38. The molecule has 1 atom stereocenters. The molecule has 1 rings (SSSR count). The van der Waals surface area contributed by atoms with Gasteiger partial charge in [0.1, 0.15) is 5.75 Å². The highest BCUT2D eigenvalue weighted by Gasteiger charge is 2.14. The summed E-state index contributed by atoms with van der Waals surface area (Å²) in [6.45, 7) is 4.47. The van der Waals surface area contributed by atoms with E-state index in [1.54, 1.807) is 0 Å². The Labute approximate surface area is 102 Å². The van der Waals surface area contributed by atoms with Gasteiger partial charge in [-0.2, -0.15) is 0 Å². The van der Waals surface area contributed by atoms with Gasteiger partial charge >= 0.3 is 0 Å². The Hall–Kier alpha value is -1.55. The molecular weight excluding hydrogens is 216 g/mol. The zero-order valence-electron chi connectivity index (χ0n) is 10.4. The molecule has 0 aliphatic rings. The molecule has 0 aliphatic carbocycles. The molecule has 94 valence electrons. The standard InChI is InChI=1S/C13H20N2O2/c1-3-7-10(14)13(16)15-11-8-5-6-9-12(11)17-4-2/h5-6,8-10H,3-4,7,14H2,1-2H3,(H,15,16)/t10-/m1/s1. The summed E-state index contributed by atoms with van der Waals surface area (Å²) < 4.78 is 5.42. The van der Waals surface area contributed by atoms with E-state index < -0.39 is 6.04 Å². The molecule has 0 saturated carbocycles. The molecule has 17 heavy (non-hydrogen) atoms. The fraction of sp³-hybridized carbons (Fsp3) is 0.462. The van der Waals surface area contributed by atoms with E-state index in [-0.39, 0.29) is 5.91 Å². The van der Waals surface area contributed by atoms with E-state index in [2.05, 4.69) is 5.32 Å². The summed E-state index contributed by atoms with van der Waals surface area (Å²) in [5.74, 6) is 0.506. The smallest absolute Gasteiger partial charge is 0.241 e. The summed E-state index contributed by atoms with van der Waals surface area (Å²) in [7, 11) is 0. The molecule has 4 nitrogen and oxygen atoms in total. The Morgan fingerprint density at radius 3 is 2.76 bits per heavy atom. The SMILES string of the molecule is CCC[C@@H](N)C(=O)Nc1ccccc1OCC. The van der Waals surface area contributed by atoms with Crippen molar-refractivity contribution in [2.24, 2.45) is 5.73 Å². The lowest BCUT2D eigenvalue weighted by Gasteiger charge is -2.14. The highest BCUT2D eigenvalue weighted by molar-refractivity contribution is 5.95. The lowest BCUT2D eigenvalue weighted by Crippen LogP contribution is -2.35. The van der Waals surface area contributed by atoms with Gasteiger partial charge < -0.3 is 15.8 Å². The number of ether oxygens (including phenoxy) is 1. The maximum Gasteiger partial charge on any atom is 0.241 e. The van der Waals surface area contributed by atoms with Crippen LogP contribution in [0.3, 0.4) is 0 Å². The topological polar surface area (TPSA) is 64.4 Å². The van der Waals surface area contributed by atoms with E-state index in [0.717, 1.165) is 6.42 Å². The zero-order valence-corrected chi connectivity index (χ0v) is 10.4. The van der Waals surface area contributed by atoms with Gasteiger partial charge in [0.2, 0.25) is 5.91 Å². The van der Waals surface area contributed by atoms with E-state index in [0.29, 0.717) is 24.5 Å². The van der Waals surface area contributed by atoms with Crippen molar-refractivity contribution in [1.82, 2.24) is 0 Å². The van der Waals surface area contributed by atoms with E-state index in [1.165, 1.54) is 0 Å². The number of anilines is 1. The maximum atomic E-state index is 11.8. The number of carbonyl (C=O) groups excluding carboxylic acids is 1. The van der Waals surface area contributed by atoms with Gasteiger partial charge in [0.25, 0.3) is 0 Å². The second-order valence-electron chi connectivity index (χ2n) is 3.81. The fourth-order valence-corrected chi connectivity index (χ4v) is 1.52. The van der Waals surface area contributed by atoms with Crippen LogP contribution in [0.15, 0.2) is 24.3 Å². The summed E-state index contributed by atoms with van der Waals surface area (Å²) in [4.78, 5) is 11.8. The minimum atomic E-state index is -0.463. The molecule has 0 fully saturated rings. The van der Waals surface area contributed by atoms with Crippen molar-refractivity contribution < 1.29 is 9.53 Å². The average Bonchev–Trinajstić information content (AvgIpc) is 2.32. The van der Waals surface area contributed by atoms with Crippen molar-refractivity contribution in [1.29, 1.82) is 0 Å². The van der Waals surface area contributed by atoms with Gasteiger partial charge in [-0.25, -0.2) is 0 Å². The van der Waals surface area contributed by atoms with E-state index in [9.17, 15) is 4.79 Å². The molecule has 0 saturated heterocycles. The van der Waals surface area contributed by atoms with Crippen molar-refractivity contribution in [2.45, 2.75) is 32.7 Å². The second-order valence-corrected chi connectivity index (χ2v) is 3.81. The van der Waals surface area contributed by atoms with Crippen LogP contribution in [0.25, 0.3) is 0 Å². The van der Waals surface area contributed by atoms with Gasteiger partial charge in [0.15, 0.2) is 0 Å². The Morgan fingerprint density at radius 2 is 2.12 bits per heavy atom. The average molecular weight is 236 g/mol. The van der Waals surface area contributed by atoms with Crippen molar-refractivity contribution in [3.8, 4) is 5.75 Å². The van der Waals surface area contributed by atoms with Crippen molar-refractivity contribution in [2.75, 3.05) is 11.9 Å². The molecule has 4 heteroatoms. The number of rotatable bonds is 6. The number of nitrogens with one attached hydrogen (secondary N) is 1. The van der Waals surface area contributed by atoms with Gasteiger partial charge in [-0.05, 0) is 25.5 Å².